The Morgan fingerprint density at radius 1 is 1.11 bits per heavy atom. The normalized spacial score (nSPS) is 31.1. The van der Waals surface area contributed by atoms with Crippen LogP contribution < -0.4 is 4.74 Å². The van der Waals surface area contributed by atoms with Gasteiger partial charge in [0.1, 0.15) is 24.0 Å². The van der Waals surface area contributed by atoms with E-state index < -0.39 is 0 Å². The van der Waals surface area contributed by atoms with E-state index in [0.29, 0.717) is 29.1 Å². The third-order valence-electron chi connectivity index (χ3n) is 7.76. The van der Waals surface area contributed by atoms with Crippen LogP contribution in [-0.2, 0) is 17.8 Å². The van der Waals surface area contributed by atoms with E-state index in [1.807, 2.05) is 12.1 Å². The minimum Gasteiger partial charge on any atom is -0.489 e. The molecule has 0 N–H and O–H groups in total. The van der Waals surface area contributed by atoms with Crippen LogP contribution in [0.5, 0.6) is 5.75 Å². The van der Waals surface area contributed by atoms with Gasteiger partial charge in [-0.3, -0.25) is 4.79 Å². The molecule has 2 nitrogen and oxygen atoms in total. The highest BCUT2D eigenvalue weighted by Crippen LogP contribution is 2.59. The maximum absolute atomic E-state index is 13.8. The number of rotatable bonds is 3. The van der Waals surface area contributed by atoms with Crippen LogP contribution in [-0.4, -0.2) is 5.78 Å². The lowest BCUT2D eigenvalue weighted by Gasteiger charge is -2.48. The molecule has 2 aromatic carbocycles. The molecule has 0 amide bonds. The molecule has 0 unspecified atom stereocenters. The van der Waals surface area contributed by atoms with E-state index in [2.05, 4.69) is 19.1 Å². The second kappa shape index (κ2) is 6.72. The number of Topliss-reactive ketones (excluding diaryl/α,β-unsaturated/α-hetero) is 1. The van der Waals surface area contributed by atoms with Crippen LogP contribution in [0.2, 0.25) is 0 Å². The number of carbonyl (C=O) groups excluding carboxylic acids is 1. The van der Waals surface area contributed by atoms with Crippen molar-refractivity contribution in [2.75, 3.05) is 0 Å². The first-order chi connectivity index (χ1) is 13.6. The Morgan fingerprint density at radius 2 is 1.96 bits per heavy atom. The van der Waals surface area contributed by atoms with E-state index in [4.69, 9.17) is 4.74 Å². The van der Waals surface area contributed by atoms with Crippen molar-refractivity contribution in [3.05, 3.63) is 65.0 Å². The van der Waals surface area contributed by atoms with Crippen molar-refractivity contribution in [2.45, 2.75) is 58.0 Å². The smallest absolute Gasteiger partial charge is 0.139 e. The van der Waals surface area contributed by atoms with Gasteiger partial charge in [0.15, 0.2) is 0 Å². The number of ketones is 1. The number of aryl methyl sites for hydroxylation is 1. The third kappa shape index (κ3) is 2.78. The molecule has 3 aliphatic rings. The summed E-state index contributed by atoms with van der Waals surface area (Å²) in [6.07, 6.45) is 6.22. The number of hydrogen-bond donors (Lipinski definition) is 0. The van der Waals surface area contributed by atoms with E-state index in [0.717, 1.165) is 37.9 Å². The van der Waals surface area contributed by atoms with Crippen molar-refractivity contribution < 1.29 is 13.9 Å². The van der Waals surface area contributed by atoms with E-state index in [1.165, 1.54) is 23.6 Å². The molecule has 0 saturated heterocycles. The molecular formula is C25H27FO2. The van der Waals surface area contributed by atoms with Crippen LogP contribution in [0.25, 0.3) is 0 Å². The largest absolute Gasteiger partial charge is 0.489 e. The fourth-order valence-electron chi connectivity index (χ4n) is 6.20. The van der Waals surface area contributed by atoms with Gasteiger partial charge in [-0.1, -0.05) is 31.2 Å². The lowest BCUT2D eigenvalue weighted by Crippen LogP contribution is -2.42. The molecule has 2 aromatic rings. The van der Waals surface area contributed by atoms with E-state index in [9.17, 15) is 9.18 Å². The van der Waals surface area contributed by atoms with Gasteiger partial charge >= 0.3 is 0 Å². The lowest BCUT2D eigenvalue weighted by atomic mass is 9.55. The standard InChI is InChI=1S/C25H27FO2/c1-25-13-12-20-19-9-7-18(28-15-17-4-2-3-5-23(17)26)14-16(19)6-8-21(20)22(25)10-11-24(25)27/h2-5,7,9,14,20-22H,6,8,10-13,15H2,1H3/t20-,21+,22-,25+/m0/s1. The molecule has 4 atom stereocenters. The van der Waals surface area contributed by atoms with Gasteiger partial charge < -0.3 is 4.74 Å². The zero-order valence-electron chi connectivity index (χ0n) is 16.4. The number of carbonyl (C=O) groups is 1. The topological polar surface area (TPSA) is 26.3 Å². The highest BCUT2D eigenvalue weighted by atomic mass is 19.1. The summed E-state index contributed by atoms with van der Waals surface area (Å²) < 4.78 is 19.7. The first kappa shape index (κ1) is 17.9. The molecule has 2 fully saturated rings. The summed E-state index contributed by atoms with van der Waals surface area (Å²) in [6.45, 7) is 2.47. The Bertz CT molecular complexity index is 921. The van der Waals surface area contributed by atoms with E-state index in [-0.39, 0.29) is 17.8 Å². The summed E-state index contributed by atoms with van der Waals surface area (Å²) >= 11 is 0. The van der Waals surface area contributed by atoms with Crippen molar-refractivity contribution in [3.63, 3.8) is 0 Å². The number of hydrogen-bond acceptors (Lipinski definition) is 2. The molecule has 0 bridgehead atoms. The summed E-state index contributed by atoms with van der Waals surface area (Å²) in [7, 11) is 0. The maximum atomic E-state index is 13.8. The summed E-state index contributed by atoms with van der Waals surface area (Å²) in [5.74, 6) is 2.87. The predicted octanol–water partition coefficient (Wildman–Crippen LogP) is 5.83. The Hall–Kier alpha value is -2.16. The first-order valence-corrected chi connectivity index (χ1v) is 10.6. The van der Waals surface area contributed by atoms with Crippen LogP contribution >= 0.6 is 0 Å². The summed E-state index contributed by atoms with van der Waals surface area (Å²) in [5, 5.41) is 0. The van der Waals surface area contributed by atoms with Crippen molar-refractivity contribution in [1.29, 1.82) is 0 Å². The molecule has 146 valence electrons. The van der Waals surface area contributed by atoms with Gasteiger partial charge in [0.05, 0.1) is 0 Å². The minimum atomic E-state index is -0.223. The van der Waals surface area contributed by atoms with Gasteiger partial charge in [0.2, 0.25) is 0 Å². The van der Waals surface area contributed by atoms with Gasteiger partial charge in [-0.25, -0.2) is 4.39 Å². The lowest BCUT2D eigenvalue weighted by molar-refractivity contribution is -0.129. The van der Waals surface area contributed by atoms with Crippen molar-refractivity contribution in [2.24, 2.45) is 17.3 Å². The Labute approximate surface area is 166 Å². The number of halogens is 1. The summed E-state index contributed by atoms with van der Waals surface area (Å²) in [5.41, 5.74) is 3.34. The average Bonchev–Trinajstić information content (AvgIpc) is 3.02. The summed E-state index contributed by atoms with van der Waals surface area (Å²) in [4.78, 5) is 12.5. The SMILES string of the molecule is C[C@@]12CC[C@H]3c4ccc(OCc5ccccc5F)cc4CC[C@H]3[C@@H]1CCC2=O. The first-order valence-electron chi connectivity index (χ1n) is 10.6. The van der Waals surface area contributed by atoms with Crippen LogP contribution in [0.1, 0.15) is 61.6 Å². The molecule has 28 heavy (non-hydrogen) atoms. The maximum Gasteiger partial charge on any atom is 0.139 e. The average molecular weight is 378 g/mol. The van der Waals surface area contributed by atoms with Crippen LogP contribution in [0.4, 0.5) is 4.39 Å². The predicted molar refractivity (Wildman–Crippen MR) is 107 cm³/mol. The van der Waals surface area contributed by atoms with E-state index in [1.54, 1.807) is 12.1 Å². The van der Waals surface area contributed by atoms with Gasteiger partial charge in [0, 0.05) is 17.4 Å². The summed E-state index contributed by atoms with van der Waals surface area (Å²) in [6, 6.07) is 13.2. The molecule has 0 aliphatic heterocycles. The molecule has 3 aliphatic carbocycles. The van der Waals surface area contributed by atoms with Gasteiger partial charge in [-0.2, -0.15) is 0 Å². The second-order valence-corrected chi connectivity index (χ2v) is 9.07. The molecule has 0 heterocycles. The quantitative estimate of drug-likeness (QED) is 0.672. The highest BCUT2D eigenvalue weighted by Gasteiger charge is 2.54. The Balaban J connectivity index is 1.35. The molecular weight excluding hydrogens is 351 g/mol. The van der Waals surface area contributed by atoms with Crippen molar-refractivity contribution >= 4 is 5.78 Å². The zero-order valence-corrected chi connectivity index (χ0v) is 16.4. The Kier molecular flexibility index (Phi) is 4.30. The Morgan fingerprint density at radius 3 is 2.82 bits per heavy atom. The molecule has 5 rings (SSSR count). The van der Waals surface area contributed by atoms with Crippen LogP contribution in [0.3, 0.4) is 0 Å². The number of ether oxygens (including phenoxy) is 1. The molecule has 0 aromatic heterocycles. The van der Waals surface area contributed by atoms with Gasteiger partial charge in [-0.15, -0.1) is 0 Å². The molecule has 2 saturated carbocycles. The van der Waals surface area contributed by atoms with Crippen molar-refractivity contribution in [1.82, 2.24) is 0 Å². The molecule has 0 radical (unpaired) electrons. The monoisotopic (exact) mass is 378 g/mol. The van der Waals surface area contributed by atoms with Crippen molar-refractivity contribution in [3.8, 4) is 5.75 Å². The van der Waals surface area contributed by atoms with Crippen LogP contribution in [0, 0.1) is 23.1 Å². The van der Waals surface area contributed by atoms with Gasteiger partial charge in [-0.05, 0) is 79.2 Å². The second-order valence-electron chi connectivity index (χ2n) is 9.07. The highest BCUT2D eigenvalue weighted by molar-refractivity contribution is 5.87. The number of benzene rings is 2. The fraction of sp³-hybridized carbons (Fsp3) is 0.480. The molecule has 3 heteroatoms. The van der Waals surface area contributed by atoms with E-state index >= 15 is 0 Å². The number of fused-ring (bicyclic) bond motifs is 5. The fourth-order valence-corrected chi connectivity index (χ4v) is 6.20. The molecule has 0 spiro atoms. The van der Waals surface area contributed by atoms with Gasteiger partial charge in [0.25, 0.3) is 0 Å². The zero-order chi connectivity index (χ0) is 19.3. The third-order valence-corrected chi connectivity index (χ3v) is 7.76. The van der Waals surface area contributed by atoms with Crippen LogP contribution in [0.15, 0.2) is 42.5 Å². The minimum absolute atomic E-state index is 0.0680.